The van der Waals surface area contributed by atoms with Crippen LogP contribution in [0, 0.1) is 18.6 Å². The normalized spacial score (nSPS) is 11.7. The van der Waals surface area contributed by atoms with Gasteiger partial charge in [-0.3, -0.25) is 0 Å². The van der Waals surface area contributed by atoms with Gasteiger partial charge < -0.3 is 26.4 Å². The Hall–Kier alpha value is -3.22. The molecule has 0 amide bonds. The lowest BCUT2D eigenvalue weighted by atomic mass is 9.88. The summed E-state index contributed by atoms with van der Waals surface area (Å²) in [4.78, 5) is 3.78. The highest BCUT2D eigenvalue weighted by atomic mass is 32.1. The van der Waals surface area contributed by atoms with E-state index in [1.165, 1.54) is 23.4 Å². The van der Waals surface area contributed by atoms with E-state index in [0.29, 0.717) is 12.8 Å². The summed E-state index contributed by atoms with van der Waals surface area (Å²) < 4.78 is 28.2. The van der Waals surface area contributed by atoms with Crippen LogP contribution in [0.3, 0.4) is 0 Å². The smallest absolute Gasteiger partial charge is 0.258 e. The molecular weight excluding hydrogens is 484 g/mol. The highest BCUT2D eigenvalue weighted by Gasteiger charge is 2.32. The Labute approximate surface area is 207 Å². The number of hydrogen-bond acceptors (Lipinski definition) is 5. The minimum absolute atomic E-state index is 0.0728. The maximum Gasteiger partial charge on any atom is 0.258 e. The lowest BCUT2D eigenvalue weighted by Gasteiger charge is -2.28. The molecule has 8 nitrogen and oxygen atoms in total. The summed E-state index contributed by atoms with van der Waals surface area (Å²) in [6.07, 6.45) is 3.78. The van der Waals surface area contributed by atoms with Crippen LogP contribution in [0.25, 0.3) is 0 Å². The van der Waals surface area contributed by atoms with Gasteiger partial charge in [0.15, 0.2) is 0 Å². The van der Waals surface area contributed by atoms with Crippen LogP contribution in [0.5, 0.6) is 0 Å². The first kappa shape index (κ1) is 28.8. The van der Waals surface area contributed by atoms with Crippen molar-refractivity contribution in [1.29, 1.82) is 0 Å². The van der Waals surface area contributed by atoms with Crippen molar-refractivity contribution in [2.75, 3.05) is 5.32 Å². The van der Waals surface area contributed by atoms with E-state index in [9.17, 15) is 13.9 Å². The molecule has 6 N–H and O–H groups in total. The van der Waals surface area contributed by atoms with Gasteiger partial charge in [-0.15, -0.1) is 0 Å². The van der Waals surface area contributed by atoms with E-state index >= 15 is 0 Å². The number of aromatic nitrogens is 3. The van der Waals surface area contributed by atoms with Crippen LogP contribution >= 0.6 is 24.4 Å². The van der Waals surface area contributed by atoms with Gasteiger partial charge >= 0.3 is 0 Å². The zero-order valence-corrected chi connectivity index (χ0v) is 20.3. The number of halogens is 2. The molecule has 34 heavy (non-hydrogen) atoms. The maximum absolute atomic E-state index is 13.9. The fourth-order valence-corrected chi connectivity index (χ4v) is 3.13. The van der Waals surface area contributed by atoms with Crippen molar-refractivity contribution in [2.45, 2.75) is 38.8 Å². The SMILES string of the molecule is CCC[C@](O)(Cn1cncn1)c1ccc(F)cc1F.Cc1cccc(NC(O)=S)c1.NC(O)=S. The number of rotatable bonds is 6. The van der Waals surface area contributed by atoms with E-state index in [2.05, 4.69) is 45.6 Å². The van der Waals surface area contributed by atoms with Crippen molar-refractivity contribution < 1.29 is 24.1 Å². The third-order valence-electron chi connectivity index (χ3n) is 4.26. The van der Waals surface area contributed by atoms with Crippen molar-refractivity contribution in [2.24, 2.45) is 5.73 Å². The number of hydrogen-bond donors (Lipinski definition) is 5. The van der Waals surface area contributed by atoms with Gasteiger partial charge in [0.1, 0.15) is 29.9 Å². The highest BCUT2D eigenvalue weighted by molar-refractivity contribution is 7.80. The molecular formula is C22H27F2N5O3S2. The van der Waals surface area contributed by atoms with E-state index in [0.717, 1.165) is 23.4 Å². The second-order valence-corrected chi connectivity index (χ2v) is 7.94. The predicted molar refractivity (Wildman–Crippen MR) is 135 cm³/mol. The molecule has 0 aliphatic rings. The quantitative estimate of drug-likeness (QED) is 0.308. The fourth-order valence-electron chi connectivity index (χ4n) is 3.01. The Balaban J connectivity index is 0.000000325. The van der Waals surface area contributed by atoms with Gasteiger partial charge in [0.25, 0.3) is 10.3 Å². The Morgan fingerprint density at radius 3 is 2.35 bits per heavy atom. The van der Waals surface area contributed by atoms with Crippen molar-refractivity contribution in [3.63, 3.8) is 0 Å². The number of anilines is 1. The molecule has 0 saturated heterocycles. The summed E-state index contributed by atoms with van der Waals surface area (Å²) in [5, 5.41) is 32.8. The molecule has 3 rings (SSSR count). The number of benzene rings is 2. The summed E-state index contributed by atoms with van der Waals surface area (Å²) in [5.41, 5.74) is 4.99. The molecule has 1 atom stereocenters. The van der Waals surface area contributed by atoms with Gasteiger partial charge in [0.2, 0.25) is 0 Å². The number of aliphatic hydroxyl groups is 3. The first-order valence-electron chi connectivity index (χ1n) is 10.0. The molecule has 3 aromatic rings. The van der Waals surface area contributed by atoms with Gasteiger partial charge in [0.05, 0.1) is 6.54 Å². The van der Waals surface area contributed by atoms with E-state index in [-0.39, 0.29) is 17.3 Å². The van der Waals surface area contributed by atoms with Crippen molar-refractivity contribution >= 4 is 40.5 Å². The van der Waals surface area contributed by atoms with Crippen LogP contribution in [-0.2, 0) is 12.1 Å². The van der Waals surface area contributed by atoms with Gasteiger partial charge in [-0.1, -0.05) is 31.5 Å². The van der Waals surface area contributed by atoms with Crippen molar-refractivity contribution in [1.82, 2.24) is 14.8 Å². The van der Waals surface area contributed by atoms with E-state index < -0.39 is 22.4 Å². The van der Waals surface area contributed by atoms with Gasteiger partial charge in [0, 0.05) is 17.3 Å². The number of thiocarbonyl (C=S) groups is 2. The Morgan fingerprint density at radius 2 is 1.85 bits per heavy atom. The van der Waals surface area contributed by atoms with Crippen molar-refractivity contribution in [3.05, 3.63) is 77.9 Å². The van der Waals surface area contributed by atoms with Gasteiger partial charge in [-0.05, 0) is 61.5 Å². The summed E-state index contributed by atoms with van der Waals surface area (Å²) in [7, 11) is 0. The second kappa shape index (κ2) is 14.1. The topological polar surface area (TPSA) is 129 Å². The molecule has 0 aliphatic carbocycles. The molecule has 0 radical (unpaired) electrons. The largest absolute Gasteiger partial charge is 0.487 e. The second-order valence-electron chi connectivity index (χ2n) is 7.14. The third-order valence-corrected chi connectivity index (χ3v) is 4.36. The Morgan fingerprint density at radius 1 is 1.18 bits per heavy atom. The minimum Gasteiger partial charge on any atom is -0.487 e. The molecule has 1 aromatic heterocycles. The maximum atomic E-state index is 13.9. The molecule has 0 spiro atoms. The minimum atomic E-state index is -1.43. The van der Waals surface area contributed by atoms with E-state index in [4.69, 9.17) is 10.2 Å². The number of nitrogens with one attached hydrogen (secondary N) is 1. The number of aryl methyl sites for hydroxylation is 1. The average Bonchev–Trinajstić information content (AvgIpc) is 3.20. The summed E-state index contributed by atoms with van der Waals surface area (Å²) in [6, 6.07) is 10.8. The fraction of sp³-hybridized carbons (Fsp3) is 0.273. The number of aliphatic hydroxyl groups excluding tert-OH is 2. The Kier molecular flexibility index (Phi) is 12.0. The zero-order valence-electron chi connectivity index (χ0n) is 18.7. The Bertz CT molecular complexity index is 1070. The molecule has 184 valence electrons. The highest BCUT2D eigenvalue weighted by Crippen LogP contribution is 2.30. The molecule has 0 saturated carbocycles. The van der Waals surface area contributed by atoms with Crippen LogP contribution in [0.4, 0.5) is 14.5 Å². The monoisotopic (exact) mass is 511 g/mol. The molecule has 0 bridgehead atoms. The number of nitrogens with two attached hydrogens (primary N) is 1. The molecule has 2 aromatic carbocycles. The molecule has 12 heteroatoms. The van der Waals surface area contributed by atoms with Gasteiger partial charge in [-0.25, -0.2) is 18.4 Å². The van der Waals surface area contributed by atoms with Gasteiger partial charge in [-0.2, -0.15) is 5.10 Å². The van der Waals surface area contributed by atoms with Crippen LogP contribution < -0.4 is 11.1 Å². The zero-order chi connectivity index (χ0) is 25.7. The third kappa shape index (κ3) is 10.6. The molecule has 1 heterocycles. The van der Waals surface area contributed by atoms with E-state index in [1.807, 2.05) is 38.1 Å². The summed E-state index contributed by atoms with van der Waals surface area (Å²) >= 11 is 8.34. The van der Waals surface area contributed by atoms with E-state index in [1.54, 1.807) is 0 Å². The van der Waals surface area contributed by atoms with Crippen LogP contribution in [0.2, 0.25) is 0 Å². The molecule has 0 aliphatic heterocycles. The average molecular weight is 512 g/mol. The molecule has 0 fully saturated rings. The summed E-state index contributed by atoms with van der Waals surface area (Å²) in [6.45, 7) is 3.93. The van der Waals surface area contributed by atoms with Crippen molar-refractivity contribution in [3.8, 4) is 0 Å². The summed E-state index contributed by atoms with van der Waals surface area (Å²) in [5.74, 6) is -1.42. The lowest BCUT2D eigenvalue weighted by molar-refractivity contribution is 0.00224. The number of nitrogens with zero attached hydrogens (tertiary/aromatic N) is 3. The predicted octanol–water partition coefficient (Wildman–Crippen LogP) is 4.28. The first-order chi connectivity index (χ1) is 16.0. The van der Waals surface area contributed by atoms with Crippen LogP contribution in [0.1, 0.15) is 30.9 Å². The lowest BCUT2D eigenvalue weighted by Crippen LogP contribution is -2.32. The standard InChI is InChI=1S/C13H15F2N3O.C8H9NOS.CH3NOS/c1-2-5-13(19,7-18-9-16-8-17-18)11-4-3-10(14)6-12(11)15;1-6-3-2-4-7(5-6)9-8(10)11;2-1(3)4/h3-4,6,8-9,19H,2,5,7H2,1H3;2-5H,1H3,(H2,9,10,11);(H3,2,3,4)/t13-;;/m0../s1. The first-order valence-corrected chi connectivity index (χ1v) is 10.8. The molecule has 0 unspecified atom stereocenters. The van der Waals surface area contributed by atoms with Crippen LogP contribution in [-0.4, -0.2) is 40.4 Å². The van der Waals surface area contributed by atoms with Crippen LogP contribution in [0.15, 0.2) is 55.1 Å².